The maximum atomic E-state index is 11.8. The number of rotatable bonds is 17. The fourth-order valence-electron chi connectivity index (χ4n) is 3.43. The van der Waals surface area contributed by atoms with Gasteiger partial charge in [0.15, 0.2) is 11.5 Å². The maximum absolute atomic E-state index is 11.8. The first-order valence-corrected chi connectivity index (χ1v) is 12.6. The minimum absolute atomic E-state index is 0.0132. The van der Waals surface area contributed by atoms with E-state index in [0.717, 1.165) is 19.3 Å². The van der Waals surface area contributed by atoms with Crippen molar-refractivity contribution in [2.45, 2.75) is 104 Å². The van der Waals surface area contributed by atoms with Gasteiger partial charge >= 0.3 is 6.16 Å². The predicted molar refractivity (Wildman–Crippen MR) is 129 cm³/mol. The Bertz CT molecular complexity index is 638. The Morgan fingerprint density at radius 3 is 1.58 bits per heavy atom. The summed E-state index contributed by atoms with van der Waals surface area (Å²) in [5.74, 6) is -0.157. The summed E-state index contributed by atoms with van der Waals surface area (Å²) in [7, 11) is 0. The SMILES string of the molecule is CCCCCCCCCCCCCCCCOC(=O)Oc1c(Cl)cc(C(C)=O)cc1Cl. The van der Waals surface area contributed by atoms with Gasteiger partial charge in [0.05, 0.1) is 16.7 Å². The smallest absolute Gasteiger partial charge is 0.434 e. The van der Waals surface area contributed by atoms with Crippen molar-refractivity contribution in [1.82, 2.24) is 0 Å². The summed E-state index contributed by atoms with van der Waals surface area (Å²) in [6.45, 7) is 3.97. The van der Waals surface area contributed by atoms with Gasteiger partial charge in [0.1, 0.15) is 0 Å². The van der Waals surface area contributed by atoms with Crippen LogP contribution in [0.5, 0.6) is 5.75 Å². The van der Waals surface area contributed by atoms with Gasteiger partial charge in [-0.25, -0.2) is 4.79 Å². The molecular formula is C25H38Cl2O4. The number of ketones is 1. The minimum Gasteiger partial charge on any atom is -0.434 e. The Labute approximate surface area is 198 Å². The maximum Gasteiger partial charge on any atom is 0.513 e. The summed E-state index contributed by atoms with van der Waals surface area (Å²) in [6.07, 6.45) is 17.0. The zero-order valence-corrected chi connectivity index (χ0v) is 20.7. The van der Waals surface area contributed by atoms with Gasteiger partial charge in [-0.2, -0.15) is 0 Å². The third-order valence-electron chi connectivity index (χ3n) is 5.31. The Balaban J connectivity index is 2.01. The van der Waals surface area contributed by atoms with Crippen molar-refractivity contribution in [1.29, 1.82) is 0 Å². The molecule has 0 atom stereocenters. The molecule has 0 fully saturated rings. The van der Waals surface area contributed by atoms with Gasteiger partial charge < -0.3 is 9.47 Å². The lowest BCUT2D eigenvalue weighted by Crippen LogP contribution is -2.12. The van der Waals surface area contributed by atoms with Crippen LogP contribution in [0.15, 0.2) is 12.1 Å². The highest BCUT2D eigenvalue weighted by Gasteiger charge is 2.16. The molecule has 176 valence electrons. The number of benzene rings is 1. The van der Waals surface area contributed by atoms with Crippen LogP contribution < -0.4 is 4.74 Å². The standard InChI is InChI=1S/C25H38Cl2O4/c1-3-4-5-6-7-8-9-10-11-12-13-14-15-16-17-30-25(29)31-24-22(26)18-21(20(2)28)19-23(24)27/h18-19H,3-17H2,1-2H3. The number of Topliss-reactive ketones (excluding diaryl/α,β-unsaturated/α-hetero) is 1. The van der Waals surface area contributed by atoms with Gasteiger partial charge in [0.2, 0.25) is 0 Å². The van der Waals surface area contributed by atoms with Crippen LogP contribution in [0.1, 0.15) is 114 Å². The molecule has 0 aliphatic heterocycles. The van der Waals surface area contributed by atoms with Gasteiger partial charge in [0.25, 0.3) is 0 Å². The number of hydrogen-bond donors (Lipinski definition) is 0. The highest BCUT2D eigenvalue weighted by Crippen LogP contribution is 2.34. The second-order valence-corrected chi connectivity index (χ2v) is 8.94. The lowest BCUT2D eigenvalue weighted by Gasteiger charge is -2.10. The van der Waals surface area contributed by atoms with Gasteiger partial charge in [-0.3, -0.25) is 4.79 Å². The molecule has 0 aromatic heterocycles. The van der Waals surface area contributed by atoms with Crippen molar-refractivity contribution < 1.29 is 19.1 Å². The van der Waals surface area contributed by atoms with Gasteiger partial charge in [-0.1, -0.05) is 114 Å². The first kappa shape index (κ1) is 27.8. The average molecular weight is 473 g/mol. The van der Waals surface area contributed by atoms with Crippen LogP contribution in [0.2, 0.25) is 10.0 Å². The number of carbonyl (C=O) groups excluding carboxylic acids is 2. The zero-order valence-electron chi connectivity index (χ0n) is 19.2. The number of ether oxygens (including phenoxy) is 2. The molecule has 1 aromatic carbocycles. The van der Waals surface area contributed by atoms with Crippen molar-refractivity contribution in [3.63, 3.8) is 0 Å². The highest BCUT2D eigenvalue weighted by molar-refractivity contribution is 6.37. The van der Waals surface area contributed by atoms with Gasteiger partial charge in [-0.05, 0) is 25.5 Å². The van der Waals surface area contributed by atoms with Crippen molar-refractivity contribution in [2.24, 2.45) is 0 Å². The van der Waals surface area contributed by atoms with Crippen LogP contribution in [-0.2, 0) is 4.74 Å². The molecule has 31 heavy (non-hydrogen) atoms. The Morgan fingerprint density at radius 2 is 1.16 bits per heavy atom. The van der Waals surface area contributed by atoms with E-state index >= 15 is 0 Å². The normalized spacial score (nSPS) is 10.8. The minimum atomic E-state index is -0.839. The molecule has 0 spiro atoms. The molecule has 0 saturated carbocycles. The van der Waals surface area contributed by atoms with Crippen LogP contribution in [-0.4, -0.2) is 18.5 Å². The Kier molecular flexibility index (Phi) is 15.5. The van der Waals surface area contributed by atoms with E-state index in [1.54, 1.807) is 0 Å². The molecule has 0 bridgehead atoms. The van der Waals surface area contributed by atoms with E-state index in [9.17, 15) is 9.59 Å². The predicted octanol–water partition coefficient (Wildman–Crippen LogP) is 9.19. The summed E-state index contributed by atoms with van der Waals surface area (Å²) >= 11 is 12.1. The summed E-state index contributed by atoms with van der Waals surface area (Å²) in [5, 5.41) is 0.206. The van der Waals surface area contributed by atoms with Crippen LogP contribution in [0, 0.1) is 0 Å². The lowest BCUT2D eigenvalue weighted by atomic mass is 10.0. The van der Waals surface area contributed by atoms with Crippen LogP contribution in [0.25, 0.3) is 0 Å². The van der Waals surface area contributed by atoms with E-state index in [-0.39, 0.29) is 21.6 Å². The Morgan fingerprint density at radius 1 is 0.742 bits per heavy atom. The fourth-order valence-corrected chi connectivity index (χ4v) is 3.99. The largest absolute Gasteiger partial charge is 0.513 e. The second kappa shape index (κ2) is 17.3. The molecule has 6 heteroatoms. The van der Waals surface area contributed by atoms with E-state index in [1.807, 2.05) is 0 Å². The summed E-state index contributed by atoms with van der Waals surface area (Å²) in [6, 6.07) is 2.85. The van der Waals surface area contributed by atoms with Crippen LogP contribution in [0.3, 0.4) is 0 Å². The molecule has 0 saturated heterocycles. The molecule has 4 nitrogen and oxygen atoms in total. The van der Waals surface area contributed by atoms with Gasteiger partial charge in [-0.15, -0.1) is 0 Å². The van der Waals surface area contributed by atoms with E-state index in [0.29, 0.717) is 12.2 Å². The first-order valence-electron chi connectivity index (χ1n) is 11.8. The molecule has 1 rings (SSSR count). The monoisotopic (exact) mass is 472 g/mol. The summed E-state index contributed by atoms with van der Waals surface area (Å²) in [5.41, 5.74) is 0.359. The molecule has 0 N–H and O–H groups in total. The van der Waals surface area contributed by atoms with E-state index < -0.39 is 6.16 Å². The van der Waals surface area contributed by atoms with Crippen LogP contribution in [0.4, 0.5) is 4.79 Å². The van der Waals surface area contributed by atoms with Crippen molar-refractivity contribution in [3.05, 3.63) is 27.7 Å². The molecule has 0 heterocycles. The molecule has 0 aliphatic rings. The third-order valence-corrected chi connectivity index (χ3v) is 5.87. The highest BCUT2D eigenvalue weighted by atomic mass is 35.5. The molecule has 0 amide bonds. The van der Waals surface area contributed by atoms with E-state index in [2.05, 4.69) is 6.92 Å². The Hall–Kier alpha value is -1.26. The zero-order chi connectivity index (χ0) is 22.9. The third kappa shape index (κ3) is 13.0. The number of carbonyl (C=O) groups is 2. The quantitative estimate of drug-likeness (QED) is 0.0979. The fraction of sp³-hybridized carbons (Fsp3) is 0.680. The second-order valence-electron chi connectivity index (χ2n) is 8.12. The number of hydrogen-bond acceptors (Lipinski definition) is 4. The summed E-state index contributed by atoms with van der Waals surface area (Å²) in [4.78, 5) is 23.2. The molecule has 0 unspecified atom stereocenters. The summed E-state index contributed by atoms with van der Waals surface area (Å²) < 4.78 is 10.2. The van der Waals surface area contributed by atoms with E-state index in [1.165, 1.54) is 89.7 Å². The number of halogens is 2. The average Bonchev–Trinajstić information content (AvgIpc) is 2.73. The molecule has 1 aromatic rings. The van der Waals surface area contributed by atoms with Crippen molar-refractivity contribution in [2.75, 3.05) is 6.61 Å². The molecular weight excluding hydrogens is 435 g/mol. The molecule has 0 aliphatic carbocycles. The van der Waals surface area contributed by atoms with Crippen LogP contribution >= 0.6 is 23.2 Å². The van der Waals surface area contributed by atoms with E-state index in [4.69, 9.17) is 32.7 Å². The lowest BCUT2D eigenvalue weighted by molar-refractivity contribution is 0.0973. The first-order chi connectivity index (χ1) is 15.0. The molecule has 0 radical (unpaired) electrons. The van der Waals surface area contributed by atoms with Crippen molar-refractivity contribution >= 4 is 35.1 Å². The topological polar surface area (TPSA) is 52.6 Å². The van der Waals surface area contributed by atoms with Crippen molar-refractivity contribution in [3.8, 4) is 5.75 Å². The van der Waals surface area contributed by atoms with Gasteiger partial charge in [0, 0.05) is 5.56 Å². The number of unbranched alkanes of at least 4 members (excludes halogenated alkanes) is 13.